The third-order valence-electron chi connectivity index (χ3n) is 2.98. The predicted octanol–water partition coefficient (Wildman–Crippen LogP) is 4.64. The minimum absolute atomic E-state index is 0.215. The van der Waals surface area contributed by atoms with E-state index in [9.17, 15) is 4.79 Å². The van der Waals surface area contributed by atoms with Gasteiger partial charge in [0.2, 0.25) is 0 Å². The van der Waals surface area contributed by atoms with Crippen LogP contribution in [0, 0.1) is 0 Å². The van der Waals surface area contributed by atoms with Gasteiger partial charge in [0.05, 0.1) is 0 Å². The maximum absolute atomic E-state index is 12.3. The number of halogens is 1. The Kier molecular flexibility index (Phi) is 7.79. The van der Waals surface area contributed by atoms with E-state index < -0.39 is 5.60 Å². The molecule has 0 atom stereocenters. The van der Waals surface area contributed by atoms with E-state index in [1.54, 1.807) is 0 Å². The van der Waals surface area contributed by atoms with Crippen molar-refractivity contribution in [3.63, 3.8) is 0 Å². The summed E-state index contributed by atoms with van der Waals surface area (Å²) in [6.45, 7) is 7.14. The first-order chi connectivity index (χ1) is 9.92. The van der Waals surface area contributed by atoms with Gasteiger partial charge in [-0.25, -0.2) is 4.79 Å². The zero-order chi connectivity index (χ0) is 15.7. The number of carbonyl (C=O) groups is 1. The van der Waals surface area contributed by atoms with Gasteiger partial charge in [0.25, 0.3) is 0 Å². The molecule has 0 fully saturated rings. The quantitative estimate of drug-likeness (QED) is 0.526. The molecule has 1 aromatic rings. The number of nitrogens with zero attached hydrogens (tertiary/aromatic N) is 1. The Bertz CT molecular complexity index is 415. The molecule has 3 nitrogen and oxygen atoms in total. The molecule has 0 radical (unpaired) electrons. The summed E-state index contributed by atoms with van der Waals surface area (Å²) in [5.41, 5.74) is 0.795. The maximum atomic E-state index is 12.3. The largest absolute Gasteiger partial charge is 0.444 e. The van der Waals surface area contributed by atoms with E-state index in [2.05, 4.69) is 28.1 Å². The van der Waals surface area contributed by atoms with Gasteiger partial charge >= 0.3 is 6.09 Å². The summed E-state index contributed by atoms with van der Waals surface area (Å²) >= 11 is 3.43. The fourth-order valence-electron chi connectivity index (χ4n) is 1.93. The molecule has 0 N–H and O–H groups in total. The van der Waals surface area contributed by atoms with Gasteiger partial charge in [0.15, 0.2) is 0 Å². The minimum atomic E-state index is -0.447. The van der Waals surface area contributed by atoms with Gasteiger partial charge in [-0.1, -0.05) is 46.3 Å². The van der Waals surface area contributed by atoms with Gasteiger partial charge < -0.3 is 9.64 Å². The van der Waals surface area contributed by atoms with E-state index >= 15 is 0 Å². The zero-order valence-electron chi connectivity index (χ0n) is 13.3. The molecule has 0 aliphatic rings. The molecule has 0 bridgehead atoms. The Morgan fingerprint density at radius 3 is 2.38 bits per heavy atom. The maximum Gasteiger partial charge on any atom is 0.410 e. The summed E-state index contributed by atoms with van der Waals surface area (Å²) in [4.78, 5) is 14.1. The summed E-state index contributed by atoms with van der Waals surface area (Å²) in [7, 11) is 0. The molecule has 0 unspecified atom stereocenters. The van der Waals surface area contributed by atoms with Gasteiger partial charge in [-0.15, -0.1) is 0 Å². The van der Waals surface area contributed by atoms with Crippen molar-refractivity contribution >= 4 is 22.0 Å². The van der Waals surface area contributed by atoms with Crippen molar-refractivity contribution in [2.45, 2.75) is 45.6 Å². The molecular weight excluding hydrogens is 330 g/mol. The van der Waals surface area contributed by atoms with Crippen LogP contribution in [0.15, 0.2) is 30.3 Å². The van der Waals surface area contributed by atoms with Crippen molar-refractivity contribution in [3.8, 4) is 0 Å². The lowest BCUT2D eigenvalue weighted by Gasteiger charge is -2.27. The Morgan fingerprint density at radius 1 is 1.14 bits per heavy atom. The highest BCUT2D eigenvalue weighted by atomic mass is 79.9. The molecular formula is C17H26BrNO2. The van der Waals surface area contributed by atoms with Gasteiger partial charge in [0.1, 0.15) is 5.60 Å². The van der Waals surface area contributed by atoms with Crippen molar-refractivity contribution in [2.75, 3.05) is 18.4 Å². The fraction of sp³-hybridized carbons (Fsp3) is 0.588. The van der Waals surface area contributed by atoms with Crippen LogP contribution in [0.3, 0.4) is 0 Å². The Balaban J connectivity index is 2.56. The second kappa shape index (κ2) is 9.08. The average molecular weight is 356 g/mol. The summed E-state index contributed by atoms with van der Waals surface area (Å²) in [6, 6.07) is 10.2. The van der Waals surface area contributed by atoms with Crippen molar-refractivity contribution in [1.29, 1.82) is 0 Å². The Hall–Kier alpha value is -1.03. The van der Waals surface area contributed by atoms with Crippen LogP contribution in [0.5, 0.6) is 0 Å². The van der Waals surface area contributed by atoms with Crippen molar-refractivity contribution in [1.82, 2.24) is 4.90 Å². The molecule has 0 saturated heterocycles. The van der Waals surface area contributed by atoms with E-state index in [4.69, 9.17) is 4.74 Å². The van der Waals surface area contributed by atoms with E-state index in [1.807, 2.05) is 43.9 Å². The number of unbranched alkanes of at least 4 members (excludes halogenated alkanes) is 1. The van der Waals surface area contributed by atoms with Crippen LogP contribution >= 0.6 is 15.9 Å². The summed E-state index contributed by atoms with van der Waals surface area (Å²) in [5, 5.41) is 0.966. The van der Waals surface area contributed by atoms with Gasteiger partial charge in [0, 0.05) is 18.4 Å². The molecule has 0 aromatic heterocycles. The third kappa shape index (κ3) is 8.10. The van der Waals surface area contributed by atoms with Gasteiger partial charge in [-0.3, -0.25) is 0 Å². The van der Waals surface area contributed by atoms with Crippen LogP contribution < -0.4 is 0 Å². The van der Waals surface area contributed by atoms with Gasteiger partial charge in [-0.05, 0) is 45.6 Å². The number of carbonyl (C=O) groups excluding carboxylic acids is 1. The lowest BCUT2D eigenvalue weighted by Crippen LogP contribution is -2.38. The topological polar surface area (TPSA) is 29.5 Å². The number of hydrogen-bond acceptors (Lipinski definition) is 2. The first kappa shape index (κ1) is 18.0. The van der Waals surface area contributed by atoms with E-state index in [1.165, 1.54) is 5.56 Å². The summed E-state index contributed by atoms with van der Waals surface area (Å²) in [6.07, 6.45) is 2.69. The Labute approximate surface area is 136 Å². The van der Waals surface area contributed by atoms with E-state index in [0.717, 1.165) is 31.1 Å². The molecule has 1 rings (SSSR count). The molecule has 0 heterocycles. The average Bonchev–Trinajstić information content (AvgIpc) is 2.41. The normalized spacial score (nSPS) is 11.2. The third-order valence-corrected chi connectivity index (χ3v) is 3.54. The lowest BCUT2D eigenvalue weighted by atomic mass is 10.1. The van der Waals surface area contributed by atoms with Crippen LogP contribution in [0.25, 0.3) is 0 Å². The van der Waals surface area contributed by atoms with Crippen molar-refractivity contribution < 1.29 is 9.53 Å². The standard InChI is InChI=1S/C17H26BrNO2/c1-17(2,3)21-16(20)19(13-8-7-12-18)14-11-15-9-5-4-6-10-15/h4-6,9-10H,7-8,11-14H2,1-3H3. The summed E-state index contributed by atoms with van der Waals surface area (Å²) in [5.74, 6) is 0. The monoisotopic (exact) mass is 355 g/mol. The number of alkyl halides is 1. The van der Waals surface area contributed by atoms with Crippen LogP contribution in [0.4, 0.5) is 4.79 Å². The van der Waals surface area contributed by atoms with Crippen LogP contribution in [0.2, 0.25) is 0 Å². The molecule has 1 amide bonds. The molecule has 118 valence electrons. The number of rotatable bonds is 7. The van der Waals surface area contributed by atoms with Gasteiger partial charge in [-0.2, -0.15) is 0 Å². The molecule has 0 saturated carbocycles. The summed E-state index contributed by atoms with van der Waals surface area (Å²) < 4.78 is 5.49. The van der Waals surface area contributed by atoms with E-state index in [-0.39, 0.29) is 6.09 Å². The highest BCUT2D eigenvalue weighted by molar-refractivity contribution is 9.09. The molecule has 0 spiro atoms. The lowest BCUT2D eigenvalue weighted by molar-refractivity contribution is 0.0250. The van der Waals surface area contributed by atoms with Crippen LogP contribution in [-0.2, 0) is 11.2 Å². The zero-order valence-corrected chi connectivity index (χ0v) is 14.9. The number of amides is 1. The van der Waals surface area contributed by atoms with Crippen molar-refractivity contribution in [3.05, 3.63) is 35.9 Å². The molecule has 0 aliphatic carbocycles. The second-order valence-corrected chi connectivity index (χ2v) is 6.89. The molecule has 1 aromatic carbocycles. The molecule has 4 heteroatoms. The van der Waals surface area contributed by atoms with Crippen LogP contribution in [0.1, 0.15) is 39.2 Å². The highest BCUT2D eigenvalue weighted by Crippen LogP contribution is 2.12. The predicted molar refractivity (Wildman–Crippen MR) is 91.0 cm³/mol. The smallest absolute Gasteiger partial charge is 0.410 e. The second-order valence-electron chi connectivity index (χ2n) is 6.10. The van der Waals surface area contributed by atoms with Crippen molar-refractivity contribution in [2.24, 2.45) is 0 Å². The Morgan fingerprint density at radius 2 is 1.81 bits per heavy atom. The molecule has 0 aliphatic heterocycles. The molecule has 21 heavy (non-hydrogen) atoms. The highest BCUT2D eigenvalue weighted by Gasteiger charge is 2.21. The number of ether oxygens (including phenoxy) is 1. The fourth-order valence-corrected chi connectivity index (χ4v) is 2.32. The van der Waals surface area contributed by atoms with Crippen LogP contribution in [-0.4, -0.2) is 35.0 Å². The number of hydrogen-bond donors (Lipinski definition) is 0. The first-order valence-electron chi connectivity index (χ1n) is 7.50. The van der Waals surface area contributed by atoms with E-state index in [0.29, 0.717) is 6.54 Å². The minimum Gasteiger partial charge on any atom is -0.444 e. The first-order valence-corrected chi connectivity index (χ1v) is 8.62. The number of benzene rings is 1. The SMILES string of the molecule is CC(C)(C)OC(=O)N(CCCCBr)CCc1ccccc1.